The number of hydrogen-bond donors (Lipinski definition) is 0. The highest BCUT2D eigenvalue weighted by molar-refractivity contribution is 6.30. The van der Waals surface area contributed by atoms with Gasteiger partial charge in [-0.25, -0.2) is 14.3 Å². The van der Waals surface area contributed by atoms with Crippen molar-refractivity contribution >= 4 is 29.6 Å². The number of rotatable bonds is 5. The molecular weight excluding hydrogens is 392 g/mol. The first kappa shape index (κ1) is 19.0. The molecule has 1 aromatic heterocycles. The Morgan fingerprint density at radius 1 is 1.17 bits per heavy atom. The van der Waals surface area contributed by atoms with Crippen molar-refractivity contribution in [2.45, 2.75) is 12.5 Å². The summed E-state index contributed by atoms with van der Waals surface area (Å²) >= 11 is 6.00. The third-order valence-corrected chi connectivity index (χ3v) is 4.68. The molecule has 1 atom stereocenters. The van der Waals surface area contributed by atoms with Crippen molar-refractivity contribution in [3.8, 4) is 16.9 Å². The van der Waals surface area contributed by atoms with Crippen molar-refractivity contribution in [3.05, 3.63) is 77.5 Å². The zero-order valence-electron chi connectivity index (χ0n) is 15.3. The molecule has 0 aliphatic carbocycles. The van der Waals surface area contributed by atoms with Crippen molar-refractivity contribution in [2.24, 2.45) is 0 Å². The summed E-state index contributed by atoms with van der Waals surface area (Å²) in [4.78, 5) is 23.6. The highest BCUT2D eigenvalue weighted by Crippen LogP contribution is 2.26. The first-order valence-corrected chi connectivity index (χ1v) is 9.44. The number of esters is 2. The van der Waals surface area contributed by atoms with Gasteiger partial charge >= 0.3 is 11.9 Å². The Balaban J connectivity index is 1.63. The molecule has 7 heteroatoms. The van der Waals surface area contributed by atoms with Gasteiger partial charge in [-0.3, -0.25) is 0 Å². The lowest BCUT2D eigenvalue weighted by molar-refractivity contribution is -0.156. The van der Waals surface area contributed by atoms with Crippen LogP contribution in [0.3, 0.4) is 0 Å². The van der Waals surface area contributed by atoms with Crippen molar-refractivity contribution in [1.82, 2.24) is 9.78 Å². The number of halogens is 1. The standard InChI is InChI=1S/C22H17ClN2O4/c23-17-9-6-15(7-10-17)21-16(14-25(24-21)18-4-2-1-3-5-18)8-11-20(26)29-19-12-13-28-22(19)27/h1-11,14,19H,12-13H2/b11-8+/t19-/m1/s1. The third kappa shape index (κ3) is 4.38. The van der Waals surface area contributed by atoms with Crippen LogP contribution >= 0.6 is 11.6 Å². The monoisotopic (exact) mass is 408 g/mol. The van der Waals surface area contributed by atoms with E-state index in [1.807, 2.05) is 48.7 Å². The zero-order valence-corrected chi connectivity index (χ0v) is 16.1. The number of benzene rings is 2. The van der Waals surface area contributed by atoms with Crippen LogP contribution in [-0.2, 0) is 19.1 Å². The molecule has 3 aromatic rings. The van der Waals surface area contributed by atoms with Gasteiger partial charge in [-0.1, -0.05) is 41.9 Å². The molecule has 0 N–H and O–H groups in total. The van der Waals surface area contributed by atoms with Crippen LogP contribution in [0.2, 0.25) is 5.02 Å². The van der Waals surface area contributed by atoms with E-state index in [0.29, 0.717) is 17.1 Å². The van der Waals surface area contributed by atoms with Crippen LogP contribution in [-0.4, -0.2) is 34.4 Å². The number of para-hydroxylation sites is 1. The van der Waals surface area contributed by atoms with Gasteiger partial charge in [-0.15, -0.1) is 0 Å². The molecule has 1 aliphatic rings. The smallest absolute Gasteiger partial charge is 0.347 e. The fourth-order valence-electron chi connectivity index (χ4n) is 2.98. The summed E-state index contributed by atoms with van der Waals surface area (Å²) < 4.78 is 11.7. The molecule has 1 fully saturated rings. The van der Waals surface area contributed by atoms with Crippen molar-refractivity contribution in [2.75, 3.05) is 6.61 Å². The van der Waals surface area contributed by atoms with Crippen LogP contribution in [0.5, 0.6) is 0 Å². The van der Waals surface area contributed by atoms with Gasteiger partial charge in [0.05, 0.1) is 18.0 Å². The van der Waals surface area contributed by atoms with E-state index in [4.69, 9.17) is 21.1 Å². The summed E-state index contributed by atoms with van der Waals surface area (Å²) in [5.41, 5.74) is 3.16. The van der Waals surface area contributed by atoms with E-state index in [0.717, 1.165) is 16.8 Å². The van der Waals surface area contributed by atoms with Gasteiger partial charge in [0.25, 0.3) is 0 Å². The number of hydrogen-bond acceptors (Lipinski definition) is 5. The number of carbonyl (C=O) groups is 2. The number of cyclic esters (lactones) is 1. The summed E-state index contributed by atoms with van der Waals surface area (Å²) in [6.07, 6.45) is 4.28. The molecule has 1 aliphatic heterocycles. The largest absolute Gasteiger partial charge is 0.463 e. The fraction of sp³-hybridized carbons (Fsp3) is 0.136. The Morgan fingerprint density at radius 3 is 2.62 bits per heavy atom. The first-order valence-electron chi connectivity index (χ1n) is 9.06. The Hall–Kier alpha value is -3.38. The maximum atomic E-state index is 12.1. The van der Waals surface area contributed by atoms with E-state index in [1.165, 1.54) is 6.08 Å². The summed E-state index contributed by atoms with van der Waals surface area (Å²) in [5, 5.41) is 5.30. The molecule has 0 radical (unpaired) electrons. The Morgan fingerprint density at radius 2 is 1.93 bits per heavy atom. The highest BCUT2D eigenvalue weighted by Gasteiger charge is 2.29. The van der Waals surface area contributed by atoms with Crippen molar-refractivity contribution in [3.63, 3.8) is 0 Å². The summed E-state index contributed by atoms with van der Waals surface area (Å²) in [6, 6.07) is 16.9. The van der Waals surface area contributed by atoms with Gasteiger partial charge < -0.3 is 9.47 Å². The topological polar surface area (TPSA) is 70.4 Å². The maximum Gasteiger partial charge on any atom is 0.347 e. The minimum atomic E-state index is -0.838. The van der Waals surface area contributed by atoms with E-state index in [9.17, 15) is 9.59 Å². The number of aromatic nitrogens is 2. The lowest BCUT2D eigenvalue weighted by atomic mass is 10.1. The average Bonchev–Trinajstić information content (AvgIpc) is 3.34. The van der Waals surface area contributed by atoms with E-state index in [-0.39, 0.29) is 6.61 Å². The number of carbonyl (C=O) groups excluding carboxylic acids is 2. The second-order valence-electron chi connectivity index (χ2n) is 6.44. The van der Waals surface area contributed by atoms with Gasteiger partial charge in [-0.05, 0) is 30.3 Å². The molecule has 0 bridgehead atoms. The number of nitrogens with zero attached hydrogens (tertiary/aromatic N) is 2. The van der Waals surface area contributed by atoms with Crippen molar-refractivity contribution in [1.29, 1.82) is 0 Å². The molecular formula is C22H17ClN2O4. The van der Waals surface area contributed by atoms with E-state index in [2.05, 4.69) is 5.10 Å². The normalized spacial score (nSPS) is 16.2. The molecule has 146 valence electrons. The van der Waals surface area contributed by atoms with Gasteiger partial charge in [0.15, 0.2) is 0 Å². The van der Waals surface area contributed by atoms with Gasteiger partial charge in [0, 0.05) is 34.8 Å². The molecule has 0 saturated carbocycles. The third-order valence-electron chi connectivity index (χ3n) is 4.43. The molecule has 2 aromatic carbocycles. The predicted octanol–water partition coefficient (Wildman–Crippen LogP) is 4.06. The lowest BCUT2D eigenvalue weighted by Gasteiger charge is -2.05. The van der Waals surface area contributed by atoms with Crippen LogP contribution < -0.4 is 0 Å². The van der Waals surface area contributed by atoms with Crippen LogP contribution in [0.25, 0.3) is 23.0 Å². The fourth-order valence-corrected chi connectivity index (χ4v) is 3.10. The summed E-state index contributed by atoms with van der Waals surface area (Å²) in [5.74, 6) is -1.12. The molecule has 0 unspecified atom stereocenters. The van der Waals surface area contributed by atoms with Crippen LogP contribution in [0.1, 0.15) is 12.0 Å². The molecule has 0 amide bonds. The first-order chi connectivity index (χ1) is 14.1. The molecule has 6 nitrogen and oxygen atoms in total. The minimum Gasteiger partial charge on any atom is -0.463 e. The molecule has 2 heterocycles. The van der Waals surface area contributed by atoms with E-state index < -0.39 is 18.0 Å². The van der Waals surface area contributed by atoms with Crippen molar-refractivity contribution < 1.29 is 19.1 Å². The number of ether oxygens (including phenoxy) is 2. The van der Waals surface area contributed by atoms with E-state index >= 15 is 0 Å². The zero-order chi connectivity index (χ0) is 20.2. The quantitative estimate of drug-likeness (QED) is 0.470. The Labute approximate surface area is 172 Å². The summed E-state index contributed by atoms with van der Waals surface area (Å²) in [7, 11) is 0. The Bertz CT molecular complexity index is 1060. The van der Waals surface area contributed by atoms with Crippen LogP contribution in [0.4, 0.5) is 0 Å². The van der Waals surface area contributed by atoms with Crippen LogP contribution in [0.15, 0.2) is 66.9 Å². The second-order valence-corrected chi connectivity index (χ2v) is 6.87. The average molecular weight is 409 g/mol. The van der Waals surface area contributed by atoms with Gasteiger partial charge in [-0.2, -0.15) is 5.10 Å². The second kappa shape index (κ2) is 8.32. The van der Waals surface area contributed by atoms with Gasteiger partial charge in [0.2, 0.25) is 6.10 Å². The maximum absolute atomic E-state index is 12.1. The molecule has 0 spiro atoms. The molecule has 1 saturated heterocycles. The SMILES string of the molecule is O=C(/C=C/c1cn(-c2ccccc2)nc1-c1ccc(Cl)cc1)O[C@@H]1CCOC1=O. The Kier molecular flexibility index (Phi) is 5.44. The minimum absolute atomic E-state index is 0.269. The molecule has 29 heavy (non-hydrogen) atoms. The predicted molar refractivity (Wildman–Crippen MR) is 109 cm³/mol. The lowest BCUT2D eigenvalue weighted by Crippen LogP contribution is -2.21. The van der Waals surface area contributed by atoms with Gasteiger partial charge in [0.1, 0.15) is 0 Å². The van der Waals surface area contributed by atoms with E-state index in [1.54, 1.807) is 22.9 Å². The molecule has 4 rings (SSSR count). The summed E-state index contributed by atoms with van der Waals surface area (Å²) in [6.45, 7) is 0.269. The van der Waals surface area contributed by atoms with Crippen LogP contribution in [0, 0.1) is 0 Å². The highest BCUT2D eigenvalue weighted by atomic mass is 35.5.